The normalized spacial score (nSPS) is 10.2. The first-order valence-electron chi connectivity index (χ1n) is 5.90. The van der Waals surface area contributed by atoms with E-state index in [0.717, 1.165) is 0 Å². The molecule has 0 aliphatic carbocycles. The van der Waals surface area contributed by atoms with Gasteiger partial charge in [-0.25, -0.2) is 0 Å². The number of nitrogens with zero attached hydrogens (tertiary/aromatic N) is 1. The molecular weight excluding hydrogens is 317 g/mol. The predicted molar refractivity (Wildman–Crippen MR) is 80.7 cm³/mol. The molecule has 0 N–H and O–H groups in total. The fourth-order valence-corrected chi connectivity index (χ4v) is 2.09. The van der Waals surface area contributed by atoms with Crippen LogP contribution in [-0.4, -0.2) is 12.0 Å². The summed E-state index contributed by atoms with van der Waals surface area (Å²) in [6.07, 6.45) is 0. The maximum Gasteiger partial charge on any atom is 0.315 e. The van der Waals surface area contributed by atoms with Gasteiger partial charge in [0.2, 0.25) is 5.75 Å². The smallest absolute Gasteiger partial charge is 0.315 e. The molecule has 21 heavy (non-hydrogen) atoms. The van der Waals surface area contributed by atoms with E-state index in [-0.39, 0.29) is 17.3 Å². The third kappa shape index (κ3) is 3.56. The molecule has 0 saturated heterocycles. The van der Waals surface area contributed by atoms with Crippen LogP contribution >= 0.6 is 23.2 Å². The lowest BCUT2D eigenvalue weighted by atomic mass is 10.2. The summed E-state index contributed by atoms with van der Waals surface area (Å²) in [4.78, 5) is 10.6. The molecule has 0 spiro atoms. The number of halogens is 2. The van der Waals surface area contributed by atoms with Crippen molar-refractivity contribution >= 4 is 28.9 Å². The van der Waals surface area contributed by atoms with Crippen LogP contribution in [0.4, 0.5) is 5.69 Å². The zero-order valence-electron chi connectivity index (χ0n) is 11.0. The second-order valence-electron chi connectivity index (χ2n) is 4.08. The lowest BCUT2D eigenvalue weighted by Crippen LogP contribution is -1.96. The molecule has 0 aliphatic heterocycles. The van der Waals surface area contributed by atoms with Crippen molar-refractivity contribution in [2.75, 3.05) is 7.11 Å². The average Bonchev–Trinajstić information content (AvgIpc) is 2.47. The molecule has 0 amide bonds. The summed E-state index contributed by atoms with van der Waals surface area (Å²) in [5.41, 5.74) is 0.487. The van der Waals surface area contributed by atoms with E-state index >= 15 is 0 Å². The van der Waals surface area contributed by atoms with Crippen molar-refractivity contribution < 1.29 is 14.4 Å². The van der Waals surface area contributed by atoms with Crippen LogP contribution in [-0.2, 0) is 5.88 Å². The summed E-state index contributed by atoms with van der Waals surface area (Å²) in [7, 11) is 1.43. The van der Waals surface area contributed by atoms with Crippen molar-refractivity contribution in [3.63, 3.8) is 0 Å². The minimum Gasteiger partial charge on any atom is -0.496 e. The van der Waals surface area contributed by atoms with E-state index in [2.05, 4.69) is 0 Å². The number of rotatable bonds is 5. The molecule has 0 unspecified atom stereocenters. The highest BCUT2D eigenvalue weighted by molar-refractivity contribution is 6.30. The molecule has 0 aromatic heterocycles. The molecule has 2 aromatic carbocycles. The molecule has 2 aromatic rings. The van der Waals surface area contributed by atoms with Crippen LogP contribution in [0.1, 0.15) is 5.56 Å². The first kappa shape index (κ1) is 15.4. The molecule has 7 heteroatoms. The fourth-order valence-electron chi connectivity index (χ4n) is 1.71. The lowest BCUT2D eigenvalue weighted by molar-refractivity contribution is -0.385. The Kier molecular flexibility index (Phi) is 4.88. The zero-order valence-corrected chi connectivity index (χ0v) is 12.5. The fraction of sp³-hybridized carbons (Fsp3) is 0.143. The Bertz CT molecular complexity index is 676. The number of hydrogen-bond donors (Lipinski definition) is 0. The largest absolute Gasteiger partial charge is 0.496 e. The van der Waals surface area contributed by atoms with Gasteiger partial charge in [-0.2, -0.15) is 0 Å². The van der Waals surface area contributed by atoms with E-state index in [4.69, 9.17) is 32.7 Å². The van der Waals surface area contributed by atoms with Gasteiger partial charge in [0.25, 0.3) is 0 Å². The Balaban J connectivity index is 2.44. The van der Waals surface area contributed by atoms with Gasteiger partial charge in [-0.15, -0.1) is 11.6 Å². The molecule has 110 valence electrons. The molecule has 2 rings (SSSR count). The van der Waals surface area contributed by atoms with E-state index in [1.165, 1.54) is 19.2 Å². The van der Waals surface area contributed by atoms with Gasteiger partial charge in [0.15, 0.2) is 0 Å². The van der Waals surface area contributed by atoms with Gasteiger partial charge in [0.05, 0.1) is 24.0 Å². The third-order valence-electron chi connectivity index (χ3n) is 2.76. The Morgan fingerprint density at radius 3 is 2.57 bits per heavy atom. The number of methoxy groups -OCH3 is 1. The Morgan fingerprint density at radius 1 is 1.19 bits per heavy atom. The monoisotopic (exact) mass is 327 g/mol. The first-order chi connectivity index (χ1) is 10.0. The summed E-state index contributed by atoms with van der Waals surface area (Å²) in [6.45, 7) is 0. The van der Waals surface area contributed by atoms with Gasteiger partial charge in [-0.3, -0.25) is 10.1 Å². The van der Waals surface area contributed by atoms with Crippen molar-refractivity contribution in [2.45, 2.75) is 5.88 Å². The highest BCUT2D eigenvalue weighted by atomic mass is 35.5. The summed E-state index contributed by atoms with van der Waals surface area (Å²) < 4.78 is 10.6. The van der Waals surface area contributed by atoms with Crippen LogP contribution in [0.25, 0.3) is 0 Å². The van der Waals surface area contributed by atoms with Crippen LogP contribution < -0.4 is 9.47 Å². The SMILES string of the molecule is COc1ccc(Oc2cc(Cl)ccc2CCl)c([N+](=O)[O-])c1. The maximum atomic E-state index is 11.1. The number of nitro groups is 1. The molecule has 5 nitrogen and oxygen atoms in total. The highest BCUT2D eigenvalue weighted by Gasteiger charge is 2.18. The van der Waals surface area contributed by atoms with Gasteiger partial charge in [-0.05, 0) is 24.3 Å². The van der Waals surface area contributed by atoms with Crippen LogP contribution in [0.2, 0.25) is 5.02 Å². The Hall–Kier alpha value is -1.98. The van der Waals surface area contributed by atoms with Crippen molar-refractivity contribution in [3.05, 3.63) is 57.1 Å². The second-order valence-corrected chi connectivity index (χ2v) is 4.78. The van der Waals surface area contributed by atoms with E-state index in [0.29, 0.717) is 22.1 Å². The Morgan fingerprint density at radius 2 is 1.95 bits per heavy atom. The number of benzene rings is 2. The summed E-state index contributed by atoms with van der Waals surface area (Å²) in [5.74, 6) is 1.05. The highest BCUT2D eigenvalue weighted by Crippen LogP contribution is 2.36. The molecule has 0 heterocycles. The Labute approximate surface area is 131 Å². The summed E-state index contributed by atoms with van der Waals surface area (Å²) >= 11 is 11.7. The van der Waals surface area contributed by atoms with Crippen LogP contribution in [0.3, 0.4) is 0 Å². The van der Waals surface area contributed by atoms with E-state index in [1.807, 2.05) is 0 Å². The molecule has 0 atom stereocenters. The van der Waals surface area contributed by atoms with Crippen molar-refractivity contribution in [3.8, 4) is 17.2 Å². The van der Waals surface area contributed by atoms with Gasteiger partial charge >= 0.3 is 5.69 Å². The number of alkyl halides is 1. The molecule has 0 saturated carbocycles. The molecular formula is C14H11Cl2NO4. The van der Waals surface area contributed by atoms with Crippen molar-refractivity contribution in [2.24, 2.45) is 0 Å². The van der Waals surface area contributed by atoms with Gasteiger partial charge in [0.1, 0.15) is 11.5 Å². The number of ether oxygens (including phenoxy) is 2. The minimum absolute atomic E-state index is 0.0921. The second kappa shape index (κ2) is 6.65. The molecule has 0 fully saturated rings. The van der Waals surface area contributed by atoms with Crippen molar-refractivity contribution in [1.29, 1.82) is 0 Å². The summed E-state index contributed by atoms with van der Waals surface area (Å²) in [5, 5.41) is 11.6. The minimum atomic E-state index is -0.539. The lowest BCUT2D eigenvalue weighted by Gasteiger charge is -2.11. The van der Waals surface area contributed by atoms with E-state index in [1.54, 1.807) is 24.3 Å². The third-order valence-corrected chi connectivity index (χ3v) is 3.28. The molecule has 0 radical (unpaired) electrons. The first-order valence-corrected chi connectivity index (χ1v) is 6.81. The van der Waals surface area contributed by atoms with Crippen molar-refractivity contribution in [1.82, 2.24) is 0 Å². The van der Waals surface area contributed by atoms with Gasteiger partial charge in [0, 0.05) is 10.6 Å². The number of hydrogen-bond acceptors (Lipinski definition) is 4. The van der Waals surface area contributed by atoms with Crippen LogP contribution in [0.5, 0.6) is 17.2 Å². The topological polar surface area (TPSA) is 61.6 Å². The van der Waals surface area contributed by atoms with Gasteiger partial charge in [-0.1, -0.05) is 17.7 Å². The standard InChI is InChI=1S/C14H11Cl2NO4/c1-20-11-4-5-13(12(7-11)17(18)19)21-14-6-10(16)3-2-9(14)8-15/h2-7H,8H2,1H3. The molecule has 0 aliphatic rings. The number of nitro benzene ring substituents is 1. The van der Waals surface area contributed by atoms with Crippen LogP contribution in [0.15, 0.2) is 36.4 Å². The maximum absolute atomic E-state index is 11.1. The van der Waals surface area contributed by atoms with Gasteiger partial charge < -0.3 is 9.47 Å². The average molecular weight is 328 g/mol. The summed E-state index contributed by atoms with van der Waals surface area (Å²) in [6, 6.07) is 9.28. The predicted octanol–water partition coefficient (Wildman–Crippen LogP) is 4.79. The zero-order chi connectivity index (χ0) is 15.4. The van der Waals surface area contributed by atoms with E-state index in [9.17, 15) is 10.1 Å². The van der Waals surface area contributed by atoms with E-state index < -0.39 is 4.92 Å². The van der Waals surface area contributed by atoms with Crippen LogP contribution in [0, 0.1) is 10.1 Å². The molecule has 0 bridgehead atoms. The quantitative estimate of drug-likeness (QED) is 0.450.